The van der Waals surface area contributed by atoms with E-state index in [1.54, 1.807) is 19.0 Å². The van der Waals surface area contributed by atoms with E-state index in [4.69, 9.17) is 9.72 Å². The number of nitrogens with one attached hydrogen (secondary N) is 2. The minimum absolute atomic E-state index is 0.0327. The monoisotopic (exact) mass is 452 g/mol. The highest BCUT2D eigenvalue weighted by atomic mass is 32.1. The fraction of sp³-hybridized carbons (Fsp3) is 0.478. The van der Waals surface area contributed by atoms with Crippen molar-refractivity contribution < 1.29 is 9.53 Å². The van der Waals surface area contributed by atoms with Crippen LogP contribution in [-0.2, 0) is 4.74 Å². The lowest BCUT2D eigenvalue weighted by molar-refractivity contribution is 0.0275. The number of pyridine rings is 1. The van der Waals surface area contributed by atoms with Gasteiger partial charge in [0, 0.05) is 44.5 Å². The molecule has 5 rings (SSSR count). The highest BCUT2D eigenvalue weighted by Crippen LogP contribution is 2.43. The van der Waals surface area contributed by atoms with E-state index in [-0.39, 0.29) is 12.0 Å². The molecule has 2 aliphatic rings. The highest BCUT2D eigenvalue weighted by molar-refractivity contribution is 7.21. The van der Waals surface area contributed by atoms with E-state index >= 15 is 0 Å². The predicted molar refractivity (Wildman–Crippen MR) is 126 cm³/mol. The Morgan fingerprint density at radius 2 is 2.06 bits per heavy atom. The Kier molecular flexibility index (Phi) is 6.03. The Morgan fingerprint density at radius 1 is 1.22 bits per heavy atom. The zero-order valence-electron chi connectivity index (χ0n) is 18.4. The largest absolute Gasteiger partial charge is 0.371 e. The zero-order chi connectivity index (χ0) is 22.1. The Morgan fingerprint density at radius 3 is 2.75 bits per heavy atom. The standard InChI is InChI=1S/C23H28N6O2S/c1-29(2)22(30)21-19(14-5-3-4-6-14)20-17(32-21)13-26-23(28-20)27-18-8-7-15(11-25-18)16-12-24-9-10-31-16/h7-8,11,13-14,16,24H,3-6,9-10,12H2,1-2H3,(H,25,26,27,28)/t16-/m0/s1. The molecule has 1 atom stereocenters. The van der Waals surface area contributed by atoms with E-state index < -0.39 is 0 Å². The van der Waals surface area contributed by atoms with Crippen LogP contribution in [0, 0.1) is 0 Å². The number of amides is 1. The molecule has 1 amide bonds. The lowest BCUT2D eigenvalue weighted by Gasteiger charge is -2.23. The highest BCUT2D eigenvalue weighted by Gasteiger charge is 2.29. The van der Waals surface area contributed by atoms with E-state index in [0.717, 1.165) is 52.2 Å². The van der Waals surface area contributed by atoms with Crippen LogP contribution in [-0.4, -0.2) is 59.6 Å². The fourth-order valence-corrected chi connectivity index (χ4v) is 5.71. The van der Waals surface area contributed by atoms with Gasteiger partial charge in [0.15, 0.2) is 0 Å². The number of thiophene rings is 1. The molecular weight excluding hydrogens is 424 g/mol. The van der Waals surface area contributed by atoms with E-state index in [9.17, 15) is 4.79 Å². The smallest absolute Gasteiger partial charge is 0.263 e. The third-order valence-corrected chi connectivity index (χ3v) is 7.27. The Balaban J connectivity index is 1.43. The van der Waals surface area contributed by atoms with Crippen molar-refractivity contribution in [2.24, 2.45) is 0 Å². The van der Waals surface area contributed by atoms with Crippen LogP contribution >= 0.6 is 11.3 Å². The van der Waals surface area contributed by atoms with Crippen molar-refractivity contribution in [2.75, 3.05) is 39.1 Å². The van der Waals surface area contributed by atoms with Gasteiger partial charge in [0.25, 0.3) is 5.91 Å². The molecule has 1 saturated carbocycles. The molecule has 1 aliphatic heterocycles. The van der Waals surface area contributed by atoms with Crippen molar-refractivity contribution in [3.8, 4) is 0 Å². The van der Waals surface area contributed by atoms with Gasteiger partial charge in [0.05, 0.1) is 34.0 Å². The molecule has 0 unspecified atom stereocenters. The van der Waals surface area contributed by atoms with Crippen LogP contribution < -0.4 is 10.6 Å². The quantitative estimate of drug-likeness (QED) is 0.607. The number of nitrogens with zero attached hydrogens (tertiary/aromatic N) is 4. The van der Waals surface area contributed by atoms with Crippen LogP contribution in [0.2, 0.25) is 0 Å². The SMILES string of the molecule is CN(C)C(=O)c1sc2cnc(Nc3ccc([C@@H]4CNCCO4)cn3)nc2c1C1CCCC1. The molecule has 0 spiro atoms. The summed E-state index contributed by atoms with van der Waals surface area (Å²) in [5.41, 5.74) is 3.03. The summed E-state index contributed by atoms with van der Waals surface area (Å²) >= 11 is 1.50. The molecule has 1 saturated heterocycles. The van der Waals surface area contributed by atoms with Gasteiger partial charge in [0.1, 0.15) is 5.82 Å². The number of rotatable bonds is 5. The third-order valence-electron chi connectivity index (χ3n) is 6.16. The molecule has 1 aliphatic carbocycles. The van der Waals surface area contributed by atoms with Crippen molar-refractivity contribution in [3.63, 3.8) is 0 Å². The molecule has 0 bridgehead atoms. The molecule has 0 radical (unpaired) electrons. The first-order valence-electron chi connectivity index (χ1n) is 11.2. The van der Waals surface area contributed by atoms with Crippen LogP contribution in [0.1, 0.15) is 58.5 Å². The average Bonchev–Trinajstić information content (AvgIpc) is 3.47. The third kappa shape index (κ3) is 4.20. The molecule has 0 aromatic carbocycles. The van der Waals surface area contributed by atoms with Crippen LogP contribution in [0.25, 0.3) is 10.2 Å². The van der Waals surface area contributed by atoms with Gasteiger partial charge < -0.3 is 20.3 Å². The number of carbonyl (C=O) groups is 1. The van der Waals surface area contributed by atoms with Crippen molar-refractivity contribution in [2.45, 2.75) is 37.7 Å². The van der Waals surface area contributed by atoms with Gasteiger partial charge >= 0.3 is 0 Å². The molecule has 2 fully saturated rings. The van der Waals surface area contributed by atoms with Gasteiger partial charge in [-0.1, -0.05) is 18.9 Å². The van der Waals surface area contributed by atoms with Crippen molar-refractivity contribution in [1.82, 2.24) is 25.2 Å². The number of ether oxygens (including phenoxy) is 1. The van der Waals surface area contributed by atoms with E-state index in [0.29, 0.717) is 24.3 Å². The van der Waals surface area contributed by atoms with Gasteiger partial charge in [-0.25, -0.2) is 15.0 Å². The number of fused-ring (bicyclic) bond motifs is 1. The maximum atomic E-state index is 12.9. The van der Waals surface area contributed by atoms with E-state index in [2.05, 4.69) is 20.6 Å². The minimum atomic E-state index is 0.0327. The lowest BCUT2D eigenvalue weighted by atomic mass is 9.96. The Bertz CT molecular complexity index is 1100. The van der Waals surface area contributed by atoms with Gasteiger partial charge in [-0.3, -0.25) is 4.79 Å². The van der Waals surface area contributed by atoms with Crippen molar-refractivity contribution >= 4 is 39.2 Å². The summed E-state index contributed by atoms with van der Waals surface area (Å²) in [5, 5.41) is 6.56. The second kappa shape index (κ2) is 9.09. The van der Waals surface area contributed by atoms with Crippen molar-refractivity contribution in [1.29, 1.82) is 0 Å². The number of carbonyl (C=O) groups excluding carboxylic acids is 1. The number of aromatic nitrogens is 3. The summed E-state index contributed by atoms with van der Waals surface area (Å²) in [6.45, 7) is 2.39. The predicted octanol–water partition coefficient (Wildman–Crippen LogP) is 3.85. The molecule has 2 N–H and O–H groups in total. The first kappa shape index (κ1) is 21.2. The summed E-state index contributed by atoms with van der Waals surface area (Å²) < 4.78 is 6.74. The molecular formula is C23H28N6O2S. The first-order chi connectivity index (χ1) is 15.6. The lowest BCUT2D eigenvalue weighted by Crippen LogP contribution is -2.33. The van der Waals surface area contributed by atoms with Crippen LogP contribution in [0.3, 0.4) is 0 Å². The van der Waals surface area contributed by atoms with Gasteiger partial charge in [-0.15, -0.1) is 11.3 Å². The summed E-state index contributed by atoms with van der Waals surface area (Å²) in [6, 6.07) is 3.95. The summed E-state index contributed by atoms with van der Waals surface area (Å²) in [6.07, 6.45) is 8.29. The van der Waals surface area contributed by atoms with Crippen LogP contribution in [0.15, 0.2) is 24.5 Å². The molecule has 32 heavy (non-hydrogen) atoms. The Hall–Kier alpha value is -2.62. The molecule has 3 aromatic heterocycles. The molecule has 4 heterocycles. The maximum absolute atomic E-state index is 12.9. The maximum Gasteiger partial charge on any atom is 0.263 e. The number of anilines is 2. The fourth-order valence-electron chi connectivity index (χ4n) is 4.49. The second-order valence-corrected chi connectivity index (χ2v) is 9.65. The molecule has 8 nitrogen and oxygen atoms in total. The second-order valence-electron chi connectivity index (χ2n) is 8.60. The Labute approximate surface area is 191 Å². The normalized spacial score (nSPS) is 19.4. The first-order valence-corrected chi connectivity index (χ1v) is 12.0. The topological polar surface area (TPSA) is 92.3 Å². The molecule has 168 valence electrons. The summed E-state index contributed by atoms with van der Waals surface area (Å²) in [7, 11) is 3.60. The minimum Gasteiger partial charge on any atom is -0.371 e. The number of hydrogen-bond acceptors (Lipinski definition) is 8. The molecule has 9 heteroatoms. The van der Waals surface area contributed by atoms with E-state index in [1.165, 1.54) is 24.2 Å². The van der Waals surface area contributed by atoms with E-state index in [1.807, 2.05) is 24.5 Å². The zero-order valence-corrected chi connectivity index (χ0v) is 19.2. The molecule has 3 aromatic rings. The number of hydrogen-bond donors (Lipinski definition) is 2. The van der Waals surface area contributed by atoms with Gasteiger partial charge in [0.2, 0.25) is 5.95 Å². The average molecular weight is 453 g/mol. The van der Waals surface area contributed by atoms with Crippen LogP contribution in [0.5, 0.6) is 0 Å². The summed E-state index contributed by atoms with van der Waals surface area (Å²) in [4.78, 5) is 29.2. The van der Waals surface area contributed by atoms with Gasteiger partial charge in [-0.05, 0) is 24.8 Å². The van der Waals surface area contributed by atoms with Crippen molar-refractivity contribution in [3.05, 3.63) is 40.5 Å². The summed E-state index contributed by atoms with van der Waals surface area (Å²) in [5.74, 6) is 1.60. The van der Waals surface area contributed by atoms with Gasteiger partial charge in [-0.2, -0.15) is 0 Å². The van der Waals surface area contributed by atoms with Crippen LogP contribution in [0.4, 0.5) is 11.8 Å². The number of morpholine rings is 1.